The maximum absolute atomic E-state index is 11.4. The number of hydrogen-bond acceptors (Lipinski definition) is 2. The second kappa shape index (κ2) is 3.54. The van der Waals surface area contributed by atoms with E-state index in [1.807, 2.05) is 13.8 Å². The summed E-state index contributed by atoms with van der Waals surface area (Å²) in [5.41, 5.74) is 5.54. The Morgan fingerprint density at radius 3 is 2.85 bits per heavy atom. The quantitative estimate of drug-likeness (QED) is 0.653. The number of amides is 2. The highest BCUT2D eigenvalue weighted by Crippen LogP contribution is 2.09. The van der Waals surface area contributed by atoms with Crippen molar-refractivity contribution in [2.75, 3.05) is 19.6 Å². The Bertz CT molecular complexity index is 198. The van der Waals surface area contributed by atoms with E-state index >= 15 is 0 Å². The molecule has 1 saturated heterocycles. The lowest BCUT2D eigenvalue weighted by molar-refractivity contribution is 0.158. The third-order valence-electron chi connectivity index (χ3n) is 2.02. The molecule has 0 saturated carbocycles. The van der Waals surface area contributed by atoms with E-state index < -0.39 is 0 Å². The Kier molecular flexibility index (Phi) is 2.81. The van der Waals surface area contributed by atoms with Crippen LogP contribution in [0.25, 0.3) is 0 Å². The van der Waals surface area contributed by atoms with E-state index in [1.165, 1.54) is 0 Å². The minimum Gasteiger partial charge on any atom is -0.338 e. The Balaban J connectivity index is 2.52. The second-order valence-electron chi connectivity index (χ2n) is 4.66. The fraction of sp³-hybridized carbons (Fsp3) is 0.889. The number of carbonyl (C=O) groups excluding carboxylic acids is 1. The molecule has 0 aliphatic carbocycles. The highest BCUT2D eigenvalue weighted by molar-refractivity contribution is 5.75. The van der Waals surface area contributed by atoms with Crippen molar-refractivity contribution in [2.45, 2.75) is 26.3 Å². The molecule has 2 amide bonds. The smallest absolute Gasteiger partial charge is 0.317 e. The van der Waals surface area contributed by atoms with E-state index in [2.05, 4.69) is 12.2 Å². The molecule has 1 unspecified atom stereocenters. The summed E-state index contributed by atoms with van der Waals surface area (Å²) in [5, 5.41) is 2.84. The highest BCUT2D eigenvalue weighted by Gasteiger charge is 2.26. The van der Waals surface area contributed by atoms with Crippen molar-refractivity contribution < 1.29 is 4.79 Å². The van der Waals surface area contributed by atoms with Gasteiger partial charge in [0.1, 0.15) is 0 Å². The van der Waals surface area contributed by atoms with E-state index in [0.29, 0.717) is 12.5 Å². The van der Waals surface area contributed by atoms with E-state index in [4.69, 9.17) is 5.73 Å². The minimum atomic E-state index is -0.311. The van der Waals surface area contributed by atoms with Crippen LogP contribution in [0.4, 0.5) is 4.79 Å². The Morgan fingerprint density at radius 1 is 1.69 bits per heavy atom. The predicted octanol–water partition coefficient (Wildman–Crippen LogP) is 0.385. The van der Waals surface area contributed by atoms with Gasteiger partial charge in [-0.15, -0.1) is 0 Å². The van der Waals surface area contributed by atoms with E-state index in [0.717, 1.165) is 13.1 Å². The predicted molar refractivity (Wildman–Crippen MR) is 52.4 cm³/mol. The summed E-state index contributed by atoms with van der Waals surface area (Å²) in [5.74, 6) is 0.514. The molecular formula is C9H19N3O. The van der Waals surface area contributed by atoms with Gasteiger partial charge >= 0.3 is 6.03 Å². The van der Waals surface area contributed by atoms with Gasteiger partial charge in [-0.05, 0) is 19.8 Å². The van der Waals surface area contributed by atoms with Crippen molar-refractivity contribution in [1.29, 1.82) is 0 Å². The number of nitrogens with one attached hydrogen (secondary N) is 1. The first-order valence-electron chi connectivity index (χ1n) is 4.70. The molecule has 1 aliphatic rings. The van der Waals surface area contributed by atoms with Crippen LogP contribution in [-0.4, -0.2) is 36.1 Å². The van der Waals surface area contributed by atoms with Crippen LogP contribution in [0.3, 0.4) is 0 Å². The zero-order chi connectivity index (χ0) is 10.1. The van der Waals surface area contributed by atoms with Gasteiger partial charge in [0.25, 0.3) is 0 Å². The topological polar surface area (TPSA) is 58.4 Å². The molecule has 1 aliphatic heterocycles. The van der Waals surface area contributed by atoms with Crippen molar-refractivity contribution in [3.05, 3.63) is 0 Å². The number of nitrogens with two attached hydrogens (primary N) is 1. The van der Waals surface area contributed by atoms with Crippen molar-refractivity contribution in [3.63, 3.8) is 0 Å². The van der Waals surface area contributed by atoms with Crippen LogP contribution in [0.5, 0.6) is 0 Å². The van der Waals surface area contributed by atoms with E-state index in [1.54, 1.807) is 4.90 Å². The highest BCUT2D eigenvalue weighted by atomic mass is 16.2. The first-order valence-corrected chi connectivity index (χ1v) is 4.70. The van der Waals surface area contributed by atoms with Gasteiger partial charge < -0.3 is 16.0 Å². The summed E-state index contributed by atoms with van der Waals surface area (Å²) in [4.78, 5) is 13.2. The average Bonchev–Trinajstić information content (AvgIpc) is 1.94. The van der Waals surface area contributed by atoms with E-state index in [9.17, 15) is 4.79 Å². The lowest BCUT2D eigenvalue weighted by atomic mass is 10.0. The van der Waals surface area contributed by atoms with Crippen LogP contribution in [0, 0.1) is 5.92 Å². The molecule has 4 heteroatoms. The molecule has 0 radical (unpaired) electrons. The van der Waals surface area contributed by atoms with Gasteiger partial charge in [0.15, 0.2) is 0 Å². The molecule has 13 heavy (non-hydrogen) atoms. The lowest BCUT2D eigenvalue weighted by Crippen LogP contribution is -2.56. The van der Waals surface area contributed by atoms with Crippen LogP contribution in [-0.2, 0) is 0 Å². The molecule has 1 rings (SSSR count). The maximum atomic E-state index is 11.4. The summed E-state index contributed by atoms with van der Waals surface area (Å²) < 4.78 is 0. The van der Waals surface area contributed by atoms with Gasteiger partial charge in [0.05, 0.1) is 0 Å². The normalized spacial score (nSPS) is 24.5. The lowest BCUT2D eigenvalue weighted by Gasteiger charge is -2.35. The number of carbonyl (C=O) groups is 1. The van der Waals surface area contributed by atoms with Crippen LogP contribution < -0.4 is 11.1 Å². The monoisotopic (exact) mass is 185 g/mol. The average molecular weight is 185 g/mol. The van der Waals surface area contributed by atoms with Gasteiger partial charge in [-0.3, -0.25) is 0 Å². The second-order valence-corrected chi connectivity index (χ2v) is 4.66. The largest absolute Gasteiger partial charge is 0.338 e. The zero-order valence-corrected chi connectivity index (χ0v) is 8.63. The summed E-state index contributed by atoms with van der Waals surface area (Å²) in [6.45, 7) is 8.19. The third-order valence-corrected chi connectivity index (χ3v) is 2.02. The Labute approximate surface area is 79.5 Å². The first-order chi connectivity index (χ1) is 5.88. The van der Waals surface area contributed by atoms with Crippen molar-refractivity contribution >= 4 is 6.03 Å². The van der Waals surface area contributed by atoms with E-state index in [-0.39, 0.29) is 11.6 Å². The van der Waals surface area contributed by atoms with Gasteiger partial charge in [0, 0.05) is 25.2 Å². The van der Waals surface area contributed by atoms with Gasteiger partial charge in [-0.25, -0.2) is 4.79 Å². The standard InChI is InChI=1S/C9H19N3O/c1-7-4-11-8(13)12(5-7)6-9(2,3)10/h7H,4-6,10H2,1-3H3,(H,11,13). The summed E-state index contributed by atoms with van der Waals surface area (Å²) >= 11 is 0. The number of nitrogens with zero attached hydrogens (tertiary/aromatic N) is 1. The van der Waals surface area contributed by atoms with Crippen LogP contribution in [0.2, 0.25) is 0 Å². The molecule has 1 heterocycles. The van der Waals surface area contributed by atoms with Crippen LogP contribution in [0.15, 0.2) is 0 Å². The summed E-state index contributed by atoms with van der Waals surface area (Å²) in [7, 11) is 0. The Morgan fingerprint density at radius 2 is 2.31 bits per heavy atom. The number of hydrogen-bond donors (Lipinski definition) is 2. The van der Waals surface area contributed by atoms with Gasteiger partial charge in [0.2, 0.25) is 0 Å². The first kappa shape index (κ1) is 10.3. The van der Waals surface area contributed by atoms with Crippen molar-refractivity contribution in [2.24, 2.45) is 11.7 Å². The summed E-state index contributed by atoms with van der Waals surface area (Å²) in [6, 6.07) is 0.0108. The molecule has 0 aromatic carbocycles. The molecule has 76 valence electrons. The fourth-order valence-corrected chi connectivity index (χ4v) is 1.53. The third kappa shape index (κ3) is 3.22. The van der Waals surface area contributed by atoms with Crippen molar-refractivity contribution in [3.8, 4) is 0 Å². The zero-order valence-electron chi connectivity index (χ0n) is 8.63. The molecule has 1 atom stereocenters. The van der Waals surface area contributed by atoms with Crippen LogP contribution in [0.1, 0.15) is 20.8 Å². The molecule has 1 fully saturated rings. The van der Waals surface area contributed by atoms with Gasteiger partial charge in [-0.2, -0.15) is 0 Å². The van der Waals surface area contributed by atoms with Gasteiger partial charge in [-0.1, -0.05) is 6.92 Å². The molecule has 0 bridgehead atoms. The minimum absolute atomic E-state index is 0.0108. The Hall–Kier alpha value is -0.770. The summed E-state index contributed by atoms with van der Waals surface area (Å²) in [6.07, 6.45) is 0. The molecular weight excluding hydrogens is 166 g/mol. The SMILES string of the molecule is CC1CNC(=O)N(CC(C)(C)N)C1. The molecule has 0 aromatic rings. The fourth-order valence-electron chi connectivity index (χ4n) is 1.53. The molecule has 0 aromatic heterocycles. The number of urea groups is 1. The van der Waals surface area contributed by atoms with Crippen LogP contribution >= 0.6 is 0 Å². The number of rotatable bonds is 2. The molecule has 3 N–H and O–H groups in total. The maximum Gasteiger partial charge on any atom is 0.317 e. The molecule has 0 spiro atoms. The van der Waals surface area contributed by atoms with Crippen molar-refractivity contribution in [1.82, 2.24) is 10.2 Å². The molecule has 4 nitrogen and oxygen atoms in total.